The summed E-state index contributed by atoms with van der Waals surface area (Å²) in [6.45, 7) is 0.338. The molecule has 0 spiro atoms. The first-order chi connectivity index (χ1) is 8.69. The van der Waals surface area contributed by atoms with Gasteiger partial charge in [-0.05, 0) is 17.7 Å². The number of nitrogens with two attached hydrogens (primary N) is 1. The Bertz CT molecular complexity index is 595. The van der Waals surface area contributed by atoms with E-state index in [1.165, 1.54) is 0 Å². The SMILES string of the molecule is N#Cc1ccc(CNC(=O)c2nc(N)n[nH]2)cc1. The Morgan fingerprint density at radius 3 is 2.72 bits per heavy atom. The van der Waals surface area contributed by atoms with E-state index < -0.39 is 0 Å². The monoisotopic (exact) mass is 242 g/mol. The second-order valence-electron chi connectivity index (χ2n) is 3.53. The van der Waals surface area contributed by atoms with Crippen LogP contribution in [0.2, 0.25) is 0 Å². The molecule has 0 bridgehead atoms. The van der Waals surface area contributed by atoms with E-state index in [-0.39, 0.29) is 17.7 Å². The van der Waals surface area contributed by atoms with E-state index in [9.17, 15) is 4.79 Å². The predicted molar refractivity (Wildman–Crippen MR) is 63.1 cm³/mol. The molecule has 1 amide bonds. The van der Waals surface area contributed by atoms with Crippen molar-refractivity contribution in [3.8, 4) is 6.07 Å². The first-order valence-corrected chi connectivity index (χ1v) is 5.14. The average Bonchev–Trinajstić information content (AvgIpc) is 2.83. The van der Waals surface area contributed by atoms with Gasteiger partial charge >= 0.3 is 0 Å². The lowest BCUT2D eigenvalue weighted by Gasteiger charge is -2.02. The summed E-state index contributed by atoms with van der Waals surface area (Å²) < 4.78 is 0. The van der Waals surface area contributed by atoms with Gasteiger partial charge in [0.15, 0.2) is 0 Å². The molecule has 0 aliphatic rings. The Labute approximate surface area is 103 Å². The third-order valence-corrected chi connectivity index (χ3v) is 2.25. The molecule has 0 fully saturated rings. The van der Waals surface area contributed by atoms with Gasteiger partial charge in [-0.2, -0.15) is 10.2 Å². The average molecular weight is 242 g/mol. The highest BCUT2D eigenvalue weighted by Gasteiger charge is 2.09. The van der Waals surface area contributed by atoms with Gasteiger partial charge in [0.25, 0.3) is 5.91 Å². The fourth-order valence-corrected chi connectivity index (χ4v) is 1.34. The summed E-state index contributed by atoms with van der Waals surface area (Å²) in [5.74, 6) is -0.289. The van der Waals surface area contributed by atoms with E-state index >= 15 is 0 Å². The molecule has 0 aliphatic heterocycles. The van der Waals surface area contributed by atoms with Crippen LogP contribution in [0.15, 0.2) is 24.3 Å². The summed E-state index contributed by atoms with van der Waals surface area (Å²) in [5, 5.41) is 17.3. The number of amides is 1. The molecule has 90 valence electrons. The van der Waals surface area contributed by atoms with Gasteiger partial charge < -0.3 is 11.1 Å². The molecule has 0 aliphatic carbocycles. The van der Waals surface area contributed by atoms with Crippen molar-refractivity contribution in [3.63, 3.8) is 0 Å². The van der Waals surface area contributed by atoms with Crippen molar-refractivity contribution in [2.75, 3.05) is 5.73 Å². The number of benzene rings is 1. The number of carbonyl (C=O) groups is 1. The molecular weight excluding hydrogens is 232 g/mol. The van der Waals surface area contributed by atoms with Gasteiger partial charge in [-0.15, -0.1) is 5.10 Å². The van der Waals surface area contributed by atoms with Crippen molar-refractivity contribution in [1.82, 2.24) is 20.5 Å². The third kappa shape index (κ3) is 2.62. The van der Waals surface area contributed by atoms with Crippen LogP contribution in [0.1, 0.15) is 21.7 Å². The van der Waals surface area contributed by atoms with Crippen LogP contribution >= 0.6 is 0 Å². The molecule has 1 aromatic heterocycles. The summed E-state index contributed by atoms with van der Waals surface area (Å²) in [6.07, 6.45) is 0. The Morgan fingerprint density at radius 2 is 2.17 bits per heavy atom. The third-order valence-electron chi connectivity index (χ3n) is 2.25. The molecule has 0 unspecified atom stereocenters. The number of hydrogen-bond acceptors (Lipinski definition) is 5. The van der Waals surface area contributed by atoms with Crippen LogP contribution in [0.5, 0.6) is 0 Å². The van der Waals surface area contributed by atoms with Crippen molar-refractivity contribution >= 4 is 11.9 Å². The highest BCUT2D eigenvalue weighted by atomic mass is 16.2. The number of aromatic amines is 1. The first-order valence-electron chi connectivity index (χ1n) is 5.14. The summed E-state index contributed by atoms with van der Waals surface area (Å²) in [6, 6.07) is 8.94. The number of H-pyrrole nitrogens is 1. The molecule has 7 heteroatoms. The zero-order chi connectivity index (χ0) is 13.0. The van der Waals surface area contributed by atoms with Crippen LogP contribution < -0.4 is 11.1 Å². The van der Waals surface area contributed by atoms with Crippen molar-refractivity contribution < 1.29 is 4.79 Å². The number of anilines is 1. The van der Waals surface area contributed by atoms with Gasteiger partial charge in [-0.3, -0.25) is 9.89 Å². The molecule has 2 aromatic rings. The zero-order valence-electron chi connectivity index (χ0n) is 9.34. The fraction of sp³-hybridized carbons (Fsp3) is 0.0909. The number of nitrogen functional groups attached to an aromatic ring is 1. The van der Waals surface area contributed by atoms with Gasteiger partial charge in [-0.1, -0.05) is 12.1 Å². The second-order valence-corrected chi connectivity index (χ2v) is 3.53. The minimum absolute atomic E-state index is 0.0264. The molecule has 0 saturated carbocycles. The van der Waals surface area contributed by atoms with Crippen LogP contribution in [-0.2, 0) is 6.54 Å². The van der Waals surface area contributed by atoms with Crippen molar-refractivity contribution in [1.29, 1.82) is 5.26 Å². The Morgan fingerprint density at radius 1 is 1.44 bits per heavy atom. The molecular formula is C11H10N6O. The second kappa shape index (κ2) is 4.97. The first kappa shape index (κ1) is 11.6. The highest BCUT2D eigenvalue weighted by molar-refractivity contribution is 5.90. The normalized spacial score (nSPS) is 9.72. The van der Waals surface area contributed by atoms with E-state index in [2.05, 4.69) is 20.5 Å². The summed E-state index contributed by atoms with van der Waals surface area (Å²) in [4.78, 5) is 15.3. The van der Waals surface area contributed by atoms with Gasteiger partial charge in [0, 0.05) is 6.54 Å². The van der Waals surface area contributed by atoms with Gasteiger partial charge in [-0.25, -0.2) is 0 Å². The molecule has 0 radical (unpaired) electrons. The molecule has 1 aromatic carbocycles. The van der Waals surface area contributed by atoms with E-state index in [0.717, 1.165) is 5.56 Å². The largest absolute Gasteiger partial charge is 0.366 e. The van der Waals surface area contributed by atoms with Gasteiger partial charge in [0.05, 0.1) is 11.6 Å². The Balaban J connectivity index is 1.95. The zero-order valence-corrected chi connectivity index (χ0v) is 9.34. The maximum absolute atomic E-state index is 11.6. The van der Waals surface area contributed by atoms with E-state index in [4.69, 9.17) is 11.0 Å². The standard InChI is InChI=1S/C11H10N6O/c12-5-7-1-3-8(4-2-7)6-14-10(18)9-15-11(13)17-16-9/h1-4H,6H2,(H,14,18)(H3,13,15,16,17). The van der Waals surface area contributed by atoms with Crippen LogP contribution in [0.25, 0.3) is 0 Å². The molecule has 18 heavy (non-hydrogen) atoms. The van der Waals surface area contributed by atoms with E-state index in [1.54, 1.807) is 24.3 Å². The number of rotatable bonds is 3. The van der Waals surface area contributed by atoms with Gasteiger partial charge in [0.1, 0.15) is 0 Å². The van der Waals surface area contributed by atoms with E-state index in [0.29, 0.717) is 12.1 Å². The van der Waals surface area contributed by atoms with Gasteiger partial charge in [0.2, 0.25) is 11.8 Å². The molecule has 0 saturated heterocycles. The highest BCUT2D eigenvalue weighted by Crippen LogP contribution is 2.03. The number of hydrogen-bond donors (Lipinski definition) is 3. The fourth-order valence-electron chi connectivity index (χ4n) is 1.34. The quantitative estimate of drug-likeness (QED) is 0.709. The van der Waals surface area contributed by atoms with Crippen molar-refractivity contribution in [3.05, 3.63) is 41.2 Å². The summed E-state index contributed by atoms with van der Waals surface area (Å²) in [5.41, 5.74) is 6.75. The van der Waals surface area contributed by atoms with Crippen molar-refractivity contribution in [2.24, 2.45) is 0 Å². The number of carbonyl (C=O) groups excluding carboxylic acids is 1. The summed E-state index contributed by atoms with van der Waals surface area (Å²) in [7, 11) is 0. The minimum Gasteiger partial charge on any atom is -0.366 e. The van der Waals surface area contributed by atoms with Crippen LogP contribution in [-0.4, -0.2) is 21.1 Å². The van der Waals surface area contributed by atoms with Crippen LogP contribution in [0.3, 0.4) is 0 Å². The number of nitrogens with zero attached hydrogens (tertiary/aromatic N) is 3. The number of nitriles is 1. The van der Waals surface area contributed by atoms with Crippen LogP contribution in [0, 0.1) is 11.3 Å². The smallest absolute Gasteiger partial charge is 0.288 e. The lowest BCUT2D eigenvalue weighted by Crippen LogP contribution is -2.24. The van der Waals surface area contributed by atoms with Crippen molar-refractivity contribution in [2.45, 2.75) is 6.54 Å². The lowest BCUT2D eigenvalue weighted by molar-refractivity contribution is 0.0941. The maximum atomic E-state index is 11.6. The number of aromatic nitrogens is 3. The predicted octanol–water partition coefficient (Wildman–Crippen LogP) is 0.189. The van der Waals surface area contributed by atoms with Crippen LogP contribution in [0.4, 0.5) is 5.95 Å². The maximum Gasteiger partial charge on any atom is 0.288 e. The molecule has 7 nitrogen and oxygen atoms in total. The molecule has 2 rings (SSSR count). The molecule has 1 heterocycles. The Hall–Kier alpha value is -2.88. The van der Waals surface area contributed by atoms with E-state index in [1.807, 2.05) is 6.07 Å². The Kier molecular flexibility index (Phi) is 3.20. The lowest BCUT2D eigenvalue weighted by atomic mass is 10.1. The molecule has 0 atom stereocenters. The molecule has 4 N–H and O–H groups in total. The topological polar surface area (TPSA) is 120 Å². The minimum atomic E-state index is -0.386. The number of nitrogens with one attached hydrogen (secondary N) is 2. The summed E-state index contributed by atoms with van der Waals surface area (Å²) >= 11 is 0.